The molecule has 2 aromatic carbocycles. The third-order valence-corrected chi connectivity index (χ3v) is 3.02. The Balaban J connectivity index is 2.39. The lowest BCUT2D eigenvalue weighted by Crippen LogP contribution is -2.15. The zero-order valence-electron chi connectivity index (χ0n) is 10.5. The van der Waals surface area contributed by atoms with E-state index in [1.54, 1.807) is 0 Å². The molecule has 0 aromatic heterocycles. The summed E-state index contributed by atoms with van der Waals surface area (Å²) in [4.78, 5) is 23.2. The molecule has 0 heterocycles. The molecular formula is C14H10ClNO5. The number of anilines is 1. The second-order valence-corrected chi connectivity index (χ2v) is 4.53. The van der Waals surface area contributed by atoms with Crippen molar-refractivity contribution in [2.24, 2.45) is 0 Å². The molecule has 0 fully saturated rings. The van der Waals surface area contributed by atoms with Crippen LogP contribution in [0.15, 0.2) is 36.4 Å². The largest absolute Gasteiger partial charge is 0.508 e. The Labute approximate surface area is 124 Å². The van der Waals surface area contributed by atoms with E-state index >= 15 is 0 Å². The van der Waals surface area contributed by atoms with Crippen LogP contribution in [0.1, 0.15) is 20.7 Å². The zero-order valence-corrected chi connectivity index (χ0v) is 11.3. The van der Waals surface area contributed by atoms with Crippen molar-refractivity contribution in [2.75, 3.05) is 5.32 Å². The van der Waals surface area contributed by atoms with Gasteiger partial charge in [0, 0.05) is 0 Å². The Morgan fingerprint density at radius 2 is 1.81 bits per heavy atom. The van der Waals surface area contributed by atoms with Crippen molar-refractivity contribution in [3.8, 4) is 11.5 Å². The minimum absolute atomic E-state index is 0.0113. The van der Waals surface area contributed by atoms with Gasteiger partial charge in [0.05, 0.1) is 16.3 Å². The summed E-state index contributed by atoms with van der Waals surface area (Å²) in [7, 11) is 0. The monoisotopic (exact) mass is 307 g/mol. The maximum Gasteiger partial charge on any atom is 0.339 e. The minimum Gasteiger partial charge on any atom is -0.508 e. The number of phenolic OH excluding ortho intramolecular Hbond substituents is 2. The second kappa shape index (κ2) is 5.72. The molecule has 2 aromatic rings. The Morgan fingerprint density at radius 1 is 1.10 bits per heavy atom. The molecule has 0 unspecified atom stereocenters. The molecule has 21 heavy (non-hydrogen) atoms. The topological polar surface area (TPSA) is 107 Å². The predicted molar refractivity (Wildman–Crippen MR) is 76.1 cm³/mol. The van der Waals surface area contributed by atoms with Gasteiger partial charge in [-0.25, -0.2) is 4.79 Å². The lowest BCUT2D eigenvalue weighted by atomic mass is 10.1. The number of amides is 1. The molecule has 1 amide bonds. The van der Waals surface area contributed by atoms with Gasteiger partial charge in [-0.15, -0.1) is 0 Å². The predicted octanol–water partition coefficient (Wildman–Crippen LogP) is 2.70. The standard InChI is InChI=1S/C14H10ClNO5/c15-9-2-1-3-10(12(9)14(20)21)16-13(19)8-6-7(17)4-5-11(8)18/h1-6,17-18H,(H,16,19)(H,20,21). The van der Waals surface area contributed by atoms with Gasteiger partial charge in [0.25, 0.3) is 5.91 Å². The highest BCUT2D eigenvalue weighted by molar-refractivity contribution is 6.34. The number of halogens is 1. The maximum atomic E-state index is 12.1. The van der Waals surface area contributed by atoms with Crippen molar-refractivity contribution < 1.29 is 24.9 Å². The summed E-state index contributed by atoms with van der Waals surface area (Å²) in [6, 6.07) is 7.66. The number of carboxylic acid groups (broad SMARTS) is 1. The SMILES string of the molecule is O=C(Nc1cccc(Cl)c1C(=O)O)c1cc(O)ccc1O. The van der Waals surface area contributed by atoms with Crippen LogP contribution >= 0.6 is 11.6 Å². The van der Waals surface area contributed by atoms with Crippen molar-refractivity contribution in [3.63, 3.8) is 0 Å². The number of hydrogen-bond donors (Lipinski definition) is 4. The van der Waals surface area contributed by atoms with Crippen LogP contribution in [0.5, 0.6) is 11.5 Å². The molecule has 0 bridgehead atoms. The van der Waals surface area contributed by atoms with Crippen molar-refractivity contribution in [3.05, 3.63) is 52.5 Å². The average Bonchev–Trinajstić information content (AvgIpc) is 2.41. The molecule has 0 saturated heterocycles. The van der Waals surface area contributed by atoms with E-state index in [0.717, 1.165) is 12.1 Å². The summed E-state index contributed by atoms with van der Waals surface area (Å²) in [6.07, 6.45) is 0. The number of carboxylic acids is 1. The number of hydrogen-bond acceptors (Lipinski definition) is 4. The molecular weight excluding hydrogens is 298 g/mol. The van der Waals surface area contributed by atoms with Gasteiger partial charge in [-0.05, 0) is 30.3 Å². The smallest absolute Gasteiger partial charge is 0.339 e. The van der Waals surface area contributed by atoms with E-state index in [1.165, 1.54) is 24.3 Å². The van der Waals surface area contributed by atoms with Crippen LogP contribution in [0.25, 0.3) is 0 Å². The van der Waals surface area contributed by atoms with Crippen molar-refractivity contribution in [1.82, 2.24) is 0 Å². The van der Waals surface area contributed by atoms with Crippen LogP contribution in [0, 0.1) is 0 Å². The van der Waals surface area contributed by atoms with Crippen molar-refractivity contribution in [1.29, 1.82) is 0 Å². The van der Waals surface area contributed by atoms with Gasteiger partial charge in [-0.1, -0.05) is 17.7 Å². The molecule has 4 N–H and O–H groups in total. The first kappa shape index (κ1) is 14.7. The summed E-state index contributed by atoms with van der Waals surface area (Å²) in [5.41, 5.74) is -0.457. The number of rotatable bonds is 3. The van der Waals surface area contributed by atoms with Crippen LogP contribution < -0.4 is 5.32 Å². The number of nitrogens with one attached hydrogen (secondary N) is 1. The summed E-state index contributed by atoms with van der Waals surface area (Å²) >= 11 is 5.79. The summed E-state index contributed by atoms with van der Waals surface area (Å²) in [5.74, 6) is -2.61. The first-order chi connectivity index (χ1) is 9.90. The third kappa shape index (κ3) is 3.06. The number of benzene rings is 2. The number of carbonyl (C=O) groups is 2. The molecule has 0 saturated carbocycles. The number of aromatic hydroxyl groups is 2. The van der Waals surface area contributed by atoms with Crippen LogP contribution in [0.4, 0.5) is 5.69 Å². The lowest BCUT2D eigenvalue weighted by Gasteiger charge is -2.10. The van der Waals surface area contributed by atoms with Crippen LogP contribution in [-0.2, 0) is 0 Å². The molecule has 0 spiro atoms. The second-order valence-electron chi connectivity index (χ2n) is 4.12. The first-order valence-corrected chi connectivity index (χ1v) is 6.13. The van der Waals surface area contributed by atoms with E-state index < -0.39 is 11.9 Å². The molecule has 7 heteroatoms. The fourth-order valence-corrected chi connectivity index (χ4v) is 2.00. The van der Waals surface area contributed by atoms with Crippen molar-refractivity contribution >= 4 is 29.2 Å². The van der Waals surface area contributed by atoms with E-state index in [9.17, 15) is 19.8 Å². The highest BCUT2D eigenvalue weighted by Crippen LogP contribution is 2.27. The van der Waals surface area contributed by atoms with Gasteiger partial charge in [-0.3, -0.25) is 4.79 Å². The number of phenols is 2. The third-order valence-electron chi connectivity index (χ3n) is 2.70. The Kier molecular flexibility index (Phi) is 4.00. The molecule has 0 atom stereocenters. The van der Waals surface area contributed by atoms with Gasteiger partial charge in [-0.2, -0.15) is 0 Å². The normalized spacial score (nSPS) is 10.1. The molecule has 0 aliphatic carbocycles. The number of aromatic carboxylic acids is 1. The van der Waals surface area contributed by atoms with Gasteiger partial charge >= 0.3 is 5.97 Å². The highest BCUT2D eigenvalue weighted by atomic mass is 35.5. The fraction of sp³-hybridized carbons (Fsp3) is 0. The quantitative estimate of drug-likeness (QED) is 0.652. The van der Waals surface area contributed by atoms with Crippen LogP contribution in [0.2, 0.25) is 5.02 Å². The van der Waals surface area contributed by atoms with E-state index in [4.69, 9.17) is 16.7 Å². The molecule has 0 radical (unpaired) electrons. The summed E-state index contributed by atoms with van der Waals surface area (Å²) < 4.78 is 0. The van der Waals surface area contributed by atoms with E-state index in [-0.39, 0.29) is 33.3 Å². The number of carbonyl (C=O) groups excluding carboxylic acids is 1. The van der Waals surface area contributed by atoms with Gasteiger partial charge < -0.3 is 20.6 Å². The maximum absolute atomic E-state index is 12.1. The lowest BCUT2D eigenvalue weighted by molar-refractivity contribution is 0.0698. The fourth-order valence-electron chi connectivity index (χ4n) is 1.74. The van der Waals surface area contributed by atoms with Crippen molar-refractivity contribution in [2.45, 2.75) is 0 Å². The molecule has 108 valence electrons. The molecule has 0 aliphatic heterocycles. The van der Waals surface area contributed by atoms with E-state index in [2.05, 4.69) is 5.32 Å². The van der Waals surface area contributed by atoms with Gasteiger partial charge in [0.15, 0.2) is 0 Å². The Hall–Kier alpha value is -2.73. The van der Waals surface area contributed by atoms with E-state index in [1.807, 2.05) is 0 Å². The average molecular weight is 308 g/mol. The minimum atomic E-state index is -1.30. The Bertz CT molecular complexity index is 729. The highest BCUT2D eigenvalue weighted by Gasteiger charge is 2.18. The van der Waals surface area contributed by atoms with Crippen LogP contribution in [-0.4, -0.2) is 27.2 Å². The molecule has 6 nitrogen and oxygen atoms in total. The zero-order chi connectivity index (χ0) is 15.6. The Morgan fingerprint density at radius 3 is 2.48 bits per heavy atom. The molecule has 2 rings (SSSR count). The van der Waals surface area contributed by atoms with Gasteiger partial charge in [0.2, 0.25) is 0 Å². The first-order valence-electron chi connectivity index (χ1n) is 5.75. The summed E-state index contributed by atoms with van der Waals surface area (Å²) in [6.45, 7) is 0. The molecule has 0 aliphatic rings. The van der Waals surface area contributed by atoms with Gasteiger partial charge in [0.1, 0.15) is 17.1 Å². The summed E-state index contributed by atoms with van der Waals surface area (Å²) in [5, 5.41) is 30.4. The van der Waals surface area contributed by atoms with E-state index in [0.29, 0.717) is 0 Å². The van der Waals surface area contributed by atoms with Crippen LogP contribution in [0.3, 0.4) is 0 Å².